The van der Waals surface area contributed by atoms with Crippen molar-refractivity contribution in [3.05, 3.63) is 0 Å². The predicted octanol–water partition coefficient (Wildman–Crippen LogP) is 4.83. The normalized spacial score (nSPS) is 48.2. The van der Waals surface area contributed by atoms with Crippen LogP contribution in [-0.4, -0.2) is 27.1 Å². The lowest BCUT2D eigenvalue weighted by Crippen LogP contribution is -2.64. The zero-order valence-electron chi connectivity index (χ0n) is 18.0. The van der Waals surface area contributed by atoms with E-state index in [1.165, 1.54) is 38.5 Å². The van der Waals surface area contributed by atoms with Crippen molar-refractivity contribution in [2.24, 2.45) is 46.3 Å². The van der Waals surface area contributed by atoms with Crippen molar-refractivity contribution >= 4 is 5.97 Å². The van der Waals surface area contributed by atoms with E-state index in [1.54, 1.807) is 0 Å². The van der Waals surface area contributed by atoms with Crippen LogP contribution in [0.3, 0.4) is 0 Å². The van der Waals surface area contributed by atoms with Crippen molar-refractivity contribution < 1.29 is 20.1 Å². The van der Waals surface area contributed by atoms with Gasteiger partial charge in [-0.05, 0) is 85.9 Å². The van der Waals surface area contributed by atoms with E-state index in [0.717, 1.165) is 18.8 Å². The van der Waals surface area contributed by atoms with E-state index in [2.05, 4.69) is 20.8 Å². The quantitative estimate of drug-likeness (QED) is 0.599. The van der Waals surface area contributed by atoms with Crippen LogP contribution in [0.25, 0.3) is 0 Å². The average Bonchev–Trinajstić information content (AvgIpc) is 2.99. The summed E-state index contributed by atoms with van der Waals surface area (Å²) >= 11 is 0. The van der Waals surface area contributed by atoms with Crippen molar-refractivity contribution in [3.8, 4) is 0 Å². The molecule has 8 atom stereocenters. The molecular weight excluding hydrogens is 352 g/mol. The second-order valence-electron chi connectivity index (χ2n) is 11.3. The molecule has 0 aromatic carbocycles. The van der Waals surface area contributed by atoms with E-state index in [9.17, 15) is 15.0 Å². The third-order valence-corrected chi connectivity index (χ3v) is 10.4. The Morgan fingerprint density at radius 1 is 1.04 bits per heavy atom. The lowest BCUT2D eigenvalue weighted by atomic mass is 9.43. The molecule has 3 N–H and O–H groups in total. The number of fused-ring (bicyclic) bond motifs is 5. The maximum absolute atomic E-state index is 11.5. The van der Waals surface area contributed by atoms with Crippen LogP contribution in [0.4, 0.5) is 0 Å². The zero-order valence-corrected chi connectivity index (χ0v) is 18.0. The molecule has 0 saturated heterocycles. The molecule has 4 heteroatoms. The second-order valence-corrected chi connectivity index (χ2v) is 11.3. The van der Waals surface area contributed by atoms with Crippen molar-refractivity contribution in [2.75, 3.05) is 0 Å². The highest BCUT2D eigenvalue weighted by atomic mass is 16.5. The number of hydrogen-bond acceptors (Lipinski definition) is 3. The average molecular weight is 393 g/mol. The molecule has 0 heterocycles. The molecular formula is C24H40O4. The molecule has 4 rings (SSSR count). The van der Waals surface area contributed by atoms with E-state index in [-0.39, 0.29) is 23.7 Å². The molecule has 0 radical (unpaired) electrons. The number of carboxylic acid groups (broad SMARTS) is 1. The first-order chi connectivity index (χ1) is 13.1. The van der Waals surface area contributed by atoms with Gasteiger partial charge >= 0.3 is 5.97 Å². The van der Waals surface area contributed by atoms with E-state index in [4.69, 9.17) is 5.11 Å². The fourth-order valence-electron chi connectivity index (χ4n) is 8.78. The number of carbonyl (C=O) groups is 1. The summed E-state index contributed by atoms with van der Waals surface area (Å²) in [7, 11) is 0. The summed E-state index contributed by atoms with van der Waals surface area (Å²) in [6, 6.07) is 0. The van der Waals surface area contributed by atoms with E-state index in [1.807, 2.05) is 0 Å². The fourth-order valence-corrected chi connectivity index (χ4v) is 8.78. The Bertz CT molecular complexity index is 616. The summed E-state index contributed by atoms with van der Waals surface area (Å²) in [5, 5.41) is 32.1. The SMILES string of the molecule is C[C@H](CCC(=O)O)[C@H]1CC[C@H]2[C@@H]3CC[C@@H]4CCCC[C@]4(C)[C@H]3CC(O)(O)[C@]12C. The largest absolute Gasteiger partial charge is 0.481 e. The highest BCUT2D eigenvalue weighted by molar-refractivity contribution is 5.66. The molecule has 0 spiro atoms. The summed E-state index contributed by atoms with van der Waals surface area (Å²) in [5.41, 5.74) is -0.240. The van der Waals surface area contributed by atoms with Crippen LogP contribution in [0.1, 0.15) is 91.4 Å². The molecule has 0 aromatic rings. The van der Waals surface area contributed by atoms with Gasteiger partial charge in [0.15, 0.2) is 5.79 Å². The summed E-state index contributed by atoms with van der Waals surface area (Å²) in [6.45, 7) is 6.70. The number of carboxylic acids is 1. The van der Waals surface area contributed by atoms with Gasteiger partial charge in [0.1, 0.15) is 0 Å². The Kier molecular flexibility index (Phi) is 5.14. The van der Waals surface area contributed by atoms with Crippen LogP contribution in [0.5, 0.6) is 0 Å². The molecule has 4 aliphatic carbocycles. The van der Waals surface area contributed by atoms with E-state index < -0.39 is 17.2 Å². The van der Waals surface area contributed by atoms with E-state index in [0.29, 0.717) is 30.6 Å². The molecule has 28 heavy (non-hydrogen) atoms. The van der Waals surface area contributed by atoms with Crippen molar-refractivity contribution in [1.82, 2.24) is 0 Å². The molecule has 0 bridgehead atoms. The highest BCUT2D eigenvalue weighted by Gasteiger charge is 2.68. The Morgan fingerprint density at radius 2 is 1.79 bits per heavy atom. The molecule has 4 aliphatic rings. The highest BCUT2D eigenvalue weighted by Crippen LogP contribution is 2.70. The lowest BCUT2D eigenvalue weighted by molar-refractivity contribution is -0.318. The number of aliphatic carboxylic acids is 1. The standard InChI is InChI=1S/C24H40O4/c1-15(7-12-21(25)26)18-10-11-19-17-9-8-16-6-4-5-13-22(16,2)20(17)14-24(27,28)23(18,19)3/h15-20,27-28H,4-14H2,1-3H3,(H,25,26)/t15-,16+,17+,18-,19+,20+,22+,23-/m1/s1. The predicted molar refractivity (Wildman–Crippen MR) is 108 cm³/mol. The molecule has 0 amide bonds. The van der Waals surface area contributed by atoms with Crippen LogP contribution in [0.15, 0.2) is 0 Å². The number of rotatable bonds is 4. The van der Waals surface area contributed by atoms with Crippen molar-refractivity contribution in [3.63, 3.8) is 0 Å². The summed E-state index contributed by atoms with van der Waals surface area (Å²) in [6.07, 6.45) is 11.2. The topological polar surface area (TPSA) is 77.8 Å². The van der Waals surface area contributed by atoms with Gasteiger partial charge in [-0.25, -0.2) is 0 Å². The number of hydrogen-bond donors (Lipinski definition) is 3. The first kappa shape index (κ1) is 20.7. The summed E-state index contributed by atoms with van der Waals surface area (Å²) in [5.74, 6) is 0.166. The van der Waals surface area contributed by atoms with Crippen LogP contribution < -0.4 is 0 Å². The third-order valence-electron chi connectivity index (χ3n) is 10.4. The monoisotopic (exact) mass is 392 g/mol. The second kappa shape index (κ2) is 6.97. The Morgan fingerprint density at radius 3 is 2.50 bits per heavy atom. The van der Waals surface area contributed by atoms with Crippen LogP contribution in [0, 0.1) is 46.3 Å². The van der Waals surface area contributed by atoms with Crippen LogP contribution in [0.2, 0.25) is 0 Å². The Labute approximate surface area is 170 Å². The Hall–Kier alpha value is -0.610. The number of aliphatic hydroxyl groups is 2. The minimum atomic E-state index is -1.64. The lowest BCUT2D eigenvalue weighted by Gasteiger charge is -2.64. The first-order valence-corrected chi connectivity index (χ1v) is 11.8. The van der Waals surface area contributed by atoms with Gasteiger partial charge in [-0.15, -0.1) is 0 Å². The van der Waals surface area contributed by atoms with Gasteiger partial charge in [-0.3, -0.25) is 4.79 Å². The molecule has 0 aliphatic heterocycles. The van der Waals surface area contributed by atoms with Gasteiger partial charge < -0.3 is 15.3 Å². The fraction of sp³-hybridized carbons (Fsp3) is 0.958. The maximum Gasteiger partial charge on any atom is 0.303 e. The third kappa shape index (κ3) is 2.88. The zero-order chi connectivity index (χ0) is 20.3. The summed E-state index contributed by atoms with van der Waals surface area (Å²) in [4.78, 5) is 11.1. The molecule has 4 saturated carbocycles. The molecule has 0 unspecified atom stereocenters. The first-order valence-electron chi connectivity index (χ1n) is 11.8. The van der Waals surface area contributed by atoms with Gasteiger partial charge in [0, 0.05) is 18.3 Å². The van der Waals surface area contributed by atoms with Gasteiger partial charge in [-0.1, -0.05) is 33.6 Å². The minimum Gasteiger partial charge on any atom is -0.481 e. The van der Waals surface area contributed by atoms with E-state index >= 15 is 0 Å². The van der Waals surface area contributed by atoms with Crippen molar-refractivity contribution in [2.45, 2.75) is 97.2 Å². The van der Waals surface area contributed by atoms with Gasteiger partial charge in [-0.2, -0.15) is 0 Å². The Balaban J connectivity index is 1.63. The van der Waals surface area contributed by atoms with Gasteiger partial charge in [0.05, 0.1) is 0 Å². The molecule has 4 nitrogen and oxygen atoms in total. The summed E-state index contributed by atoms with van der Waals surface area (Å²) < 4.78 is 0. The van der Waals surface area contributed by atoms with Crippen molar-refractivity contribution in [1.29, 1.82) is 0 Å². The van der Waals surface area contributed by atoms with Crippen LogP contribution >= 0.6 is 0 Å². The smallest absolute Gasteiger partial charge is 0.303 e. The molecule has 4 fully saturated rings. The molecule has 0 aromatic heterocycles. The van der Waals surface area contributed by atoms with Gasteiger partial charge in [0.2, 0.25) is 0 Å². The molecule has 160 valence electrons. The van der Waals surface area contributed by atoms with Crippen LogP contribution in [-0.2, 0) is 4.79 Å². The maximum atomic E-state index is 11.5. The minimum absolute atomic E-state index is 0.175. The van der Waals surface area contributed by atoms with Gasteiger partial charge in [0.25, 0.3) is 0 Å².